The molecule has 102 valence electrons. The van der Waals surface area contributed by atoms with Gasteiger partial charge in [-0.05, 0) is 42.7 Å². The number of nitrogen functional groups attached to an aromatic ring is 1. The molecule has 0 bridgehead atoms. The van der Waals surface area contributed by atoms with Gasteiger partial charge in [-0.25, -0.2) is 0 Å². The molecule has 2 aliphatic heterocycles. The van der Waals surface area contributed by atoms with Crippen LogP contribution in [-0.4, -0.2) is 23.5 Å². The van der Waals surface area contributed by atoms with Crippen molar-refractivity contribution in [3.8, 4) is 0 Å². The monoisotopic (exact) mass is 277 g/mol. The van der Waals surface area contributed by atoms with Gasteiger partial charge < -0.3 is 16.4 Å². The van der Waals surface area contributed by atoms with Crippen LogP contribution >= 0.6 is 11.8 Å². The number of fused-ring (bicyclic) bond motifs is 1. The Kier molecular flexibility index (Phi) is 3.55. The Bertz CT molecular complexity index is 498. The molecule has 3 rings (SSSR count). The van der Waals surface area contributed by atoms with Crippen molar-refractivity contribution in [2.24, 2.45) is 0 Å². The van der Waals surface area contributed by atoms with Gasteiger partial charge in [-0.1, -0.05) is 0 Å². The molecular formula is C14H19N3OS. The summed E-state index contributed by atoms with van der Waals surface area (Å²) in [5, 5.41) is 6.43. The van der Waals surface area contributed by atoms with Crippen molar-refractivity contribution in [3.05, 3.63) is 17.7 Å². The maximum absolute atomic E-state index is 11.4. The van der Waals surface area contributed by atoms with Gasteiger partial charge in [0.2, 0.25) is 5.91 Å². The number of nitrogens with one attached hydrogen (secondary N) is 2. The highest BCUT2D eigenvalue weighted by molar-refractivity contribution is 7.99. The van der Waals surface area contributed by atoms with E-state index in [0.29, 0.717) is 12.5 Å². The highest BCUT2D eigenvalue weighted by Gasteiger charge is 2.19. The van der Waals surface area contributed by atoms with Crippen molar-refractivity contribution in [1.82, 2.24) is 0 Å². The molecule has 0 spiro atoms. The van der Waals surface area contributed by atoms with Gasteiger partial charge in [0.1, 0.15) is 0 Å². The molecule has 1 unspecified atom stereocenters. The molecule has 4 N–H and O–H groups in total. The van der Waals surface area contributed by atoms with Crippen molar-refractivity contribution >= 4 is 34.7 Å². The van der Waals surface area contributed by atoms with Gasteiger partial charge in [0.25, 0.3) is 0 Å². The standard InChI is InChI=1S/C14H19N3OS/c15-11-7-12-9(3-4-14(18)17-12)6-13(11)16-10-2-1-5-19-8-10/h6-7,10,16H,1-5,8,15H2,(H,17,18). The van der Waals surface area contributed by atoms with Crippen LogP contribution < -0.4 is 16.4 Å². The van der Waals surface area contributed by atoms with Crippen molar-refractivity contribution in [2.45, 2.75) is 31.7 Å². The quantitative estimate of drug-likeness (QED) is 0.726. The summed E-state index contributed by atoms with van der Waals surface area (Å²) in [4.78, 5) is 11.4. The average Bonchev–Trinajstić information content (AvgIpc) is 2.41. The number of rotatable bonds is 2. The molecule has 1 amide bonds. The van der Waals surface area contributed by atoms with Crippen molar-refractivity contribution in [1.29, 1.82) is 0 Å². The van der Waals surface area contributed by atoms with Crippen LogP contribution in [0.4, 0.5) is 17.1 Å². The maximum atomic E-state index is 11.4. The third kappa shape index (κ3) is 2.81. The van der Waals surface area contributed by atoms with Crippen molar-refractivity contribution in [2.75, 3.05) is 27.9 Å². The first-order valence-electron chi connectivity index (χ1n) is 6.79. The number of benzene rings is 1. The highest BCUT2D eigenvalue weighted by atomic mass is 32.2. The molecule has 0 radical (unpaired) electrons. The van der Waals surface area contributed by atoms with Crippen LogP contribution in [0.15, 0.2) is 12.1 Å². The van der Waals surface area contributed by atoms with E-state index in [4.69, 9.17) is 5.73 Å². The summed E-state index contributed by atoms with van der Waals surface area (Å²) in [5.74, 6) is 2.49. The number of hydrogen-bond acceptors (Lipinski definition) is 4. The van der Waals surface area contributed by atoms with E-state index >= 15 is 0 Å². The fourth-order valence-corrected chi connectivity index (χ4v) is 3.72. The zero-order valence-electron chi connectivity index (χ0n) is 10.9. The number of carbonyl (C=O) groups excluding carboxylic acids is 1. The second-order valence-corrected chi connectivity index (χ2v) is 6.35. The largest absolute Gasteiger partial charge is 0.397 e. The van der Waals surface area contributed by atoms with Crippen LogP contribution in [0.5, 0.6) is 0 Å². The average molecular weight is 277 g/mol. The Morgan fingerprint density at radius 1 is 1.37 bits per heavy atom. The van der Waals surface area contributed by atoms with Gasteiger partial charge in [-0.15, -0.1) is 0 Å². The summed E-state index contributed by atoms with van der Waals surface area (Å²) in [6.45, 7) is 0. The number of hydrogen-bond donors (Lipinski definition) is 3. The molecule has 5 heteroatoms. The Balaban J connectivity index is 1.80. The van der Waals surface area contributed by atoms with E-state index in [0.717, 1.165) is 29.2 Å². The van der Waals surface area contributed by atoms with Crippen LogP contribution in [0.2, 0.25) is 0 Å². The van der Waals surface area contributed by atoms with Gasteiger partial charge in [0.15, 0.2) is 0 Å². The minimum atomic E-state index is 0.0799. The van der Waals surface area contributed by atoms with E-state index in [1.165, 1.54) is 24.2 Å². The number of nitrogens with two attached hydrogens (primary N) is 1. The summed E-state index contributed by atoms with van der Waals surface area (Å²) in [6.07, 6.45) is 3.84. The van der Waals surface area contributed by atoms with E-state index in [9.17, 15) is 4.79 Å². The van der Waals surface area contributed by atoms with Gasteiger partial charge in [0.05, 0.1) is 11.4 Å². The summed E-state index contributed by atoms with van der Waals surface area (Å²) < 4.78 is 0. The molecule has 0 aromatic heterocycles. The molecule has 1 aromatic rings. The number of carbonyl (C=O) groups is 1. The Hall–Kier alpha value is -1.36. The SMILES string of the molecule is Nc1cc2c(cc1NC1CCCSC1)CCC(=O)N2. The summed E-state index contributed by atoms with van der Waals surface area (Å²) in [5.41, 5.74) is 9.87. The van der Waals surface area contributed by atoms with Gasteiger partial charge in [-0.2, -0.15) is 11.8 Å². The fraction of sp³-hybridized carbons (Fsp3) is 0.500. The van der Waals surface area contributed by atoms with E-state index in [1.54, 1.807) is 0 Å². The van der Waals surface area contributed by atoms with Crippen LogP contribution in [-0.2, 0) is 11.2 Å². The van der Waals surface area contributed by atoms with Crippen molar-refractivity contribution in [3.63, 3.8) is 0 Å². The van der Waals surface area contributed by atoms with Gasteiger partial charge in [0, 0.05) is 23.9 Å². The first-order chi connectivity index (χ1) is 9.22. The first kappa shape index (κ1) is 12.7. The van der Waals surface area contributed by atoms with E-state index in [2.05, 4.69) is 16.7 Å². The van der Waals surface area contributed by atoms with E-state index < -0.39 is 0 Å². The molecule has 0 saturated carbocycles. The number of amides is 1. The molecular weight excluding hydrogens is 258 g/mol. The number of aryl methyl sites for hydroxylation is 1. The van der Waals surface area contributed by atoms with Gasteiger partial charge in [-0.3, -0.25) is 4.79 Å². The highest BCUT2D eigenvalue weighted by Crippen LogP contribution is 2.32. The van der Waals surface area contributed by atoms with Crippen LogP contribution in [0.1, 0.15) is 24.8 Å². The zero-order chi connectivity index (χ0) is 13.2. The smallest absolute Gasteiger partial charge is 0.224 e. The third-order valence-corrected chi connectivity index (χ3v) is 4.91. The van der Waals surface area contributed by atoms with Crippen LogP contribution in [0.3, 0.4) is 0 Å². The fourth-order valence-electron chi connectivity index (χ4n) is 2.64. The summed E-state index contributed by atoms with van der Waals surface area (Å²) in [6, 6.07) is 4.49. The van der Waals surface area contributed by atoms with Gasteiger partial charge >= 0.3 is 0 Å². The molecule has 1 fully saturated rings. The van der Waals surface area contributed by atoms with Crippen LogP contribution in [0.25, 0.3) is 0 Å². The zero-order valence-corrected chi connectivity index (χ0v) is 11.7. The predicted octanol–water partition coefficient (Wildman–Crippen LogP) is 2.46. The Morgan fingerprint density at radius 2 is 2.26 bits per heavy atom. The molecule has 1 aromatic carbocycles. The lowest BCUT2D eigenvalue weighted by molar-refractivity contribution is -0.116. The first-order valence-corrected chi connectivity index (χ1v) is 7.94. The molecule has 2 aliphatic rings. The predicted molar refractivity (Wildman–Crippen MR) is 81.8 cm³/mol. The summed E-state index contributed by atoms with van der Waals surface area (Å²) >= 11 is 2.00. The lowest BCUT2D eigenvalue weighted by Gasteiger charge is -2.26. The van der Waals surface area contributed by atoms with E-state index in [1.807, 2.05) is 17.8 Å². The third-order valence-electron chi connectivity index (χ3n) is 3.69. The topological polar surface area (TPSA) is 67.1 Å². The second-order valence-electron chi connectivity index (χ2n) is 5.20. The van der Waals surface area contributed by atoms with Crippen LogP contribution in [0, 0.1) is 0 Å². The Labute approximate surface area is 117 Å². The minimum absolute atomic E-state index is 0.0799. The summed E-state index contributed by atoms with van der Waals surface area (Å²) in [7, 11) is 0. The Morgan fingerprint density at radius 3 is 3.05 bits per heavy atom. The lowest BCUT2D eigenvalue weighted by atomic mass is 10.0. The maximum Gasteiger partial charge on any atom is 0.224 e. The molecule has 1 atom stereocenters. The second kappa shape index (κ2) is 5.33. The van der Waals surface area contributed by atoms with Crippen molar-refractivity contribution < 1.29 is 4.79 Å². The lowest BCUT2D eigenvalue weighted by Crippen LogP contribution is -2.26. The number of thioether (sulfide) groups is 1. The minimum Gasteiger partial charge on any atom is -0.397 e. The van der Waals surface area contributed by atoms with E-state index in [-0.39, 0.29) is 5.91 Å². The number of anilines is 3. The normalized spacial score (nSPS) is 22.5. The molecule has 1 saturated heterocycles. The molecule has 2 heterocycles. The molecule has 4 nitrogen and oxygen atoms in total. The molecule has 0 aliphatic carbocycles. The molecule has 19 heavy (non-hydrogen) atoms.